The molecule has 0 bridgehead atoms. The van der Waals surface area contributed by atoms with Crippen LogP contribution in [0.3, 0.4) is 0 Å². The predicted octanol–water partition coefficient (Wildman–Crippen LogP) is 3.98. The number of thiophene rings is 1. The van der Waals surface area contributed by atoms with Crippen LogP contribution in [-0.2, 0) is 19.1 Å². The van der Waals surface area contributed by atoms with Crippen molar-refractivity contribution in [2.75, 3.05) is 18.6 Å². The summed E-state index contributed by atoms with van der Waals surface area (Å²) < 4.78 is 9.28. The van der Waals surface area contributed by atoms with Crippen molar-refractivity contribution in [1.82, 2.24) is 0 Å². The van der Waals surface area contributed by atoms with Gasteiger partial charge in [0.25, 0.3) is 0 Å². The molecule has 0 saturated carbocycles. The number of hydrogen-bond donors (Lipinski definition) is 0. The van der Waals surface area contributed by atoms with Gasteiger partial charge in [0.2, 0.25) is 0 Å². The molecule has 0 spiro atoms. The zero-order valence-electron chi connectivity index (χ0n) is 14.4. The summed E-state index contributed by atoms with van der Waals surface area (Å²) >= 11 is 12.5. The van der Waals surface area contributed by atoms with Crippen LogP contribution in [0, 0.1) is 10.1 Å². The fourth-order valence-corrected chi connectivity index (χ4v) is 3.53. The molecule has 0 N–H and O–H groups in total. The summed E-state index contributed by atoms with van der Waals surface area (Å²) in [5, 5.41) is 11.1. The molecule has 1 amide bonds. The molecule has 28 heavy (non-hydrogen) atoms. The Morgan fingerprint density at radius 1 is 1.21 bits per heavy atom. The minimum atomic E-state index is -1.26. The molecular formula is C16H12Cl2N2O7S. The highest BCUT2D eigenvalue weighted by molar-refractivity contribution is 7.17. The van der Waals surface area contributed by atoms with Crippen molar-refractivity contribution < 1.29 is 28.8 Å². The van der Waals surface area contributed by atoms with Gasteiger partial charge in [-0.1, -0.05) is 34.5 Å². The third-order valence-corrected chi connectivity index (χ3v) is 4.88. The second-order valence-corrected chi connectivity index (χ2v) is 6.88. The Morgan fingerprint density at radius 3 is 2.43 bits per heavy atom. The van der Waals surface area contributed by atoms with Crippen molar-refractivity contribution in [2.24, 2.45) is 0 Å². The highest BCUT2D eigenvalue weighted by Gasteiger charge is 2.35. The van der Waals surface area contributed by atoms with Crippen molar-refractivity contribution in [3.8, 4) is 0 Å². The Hall–Kier alpha value is -2.69. The first-order valence-corrected chi connectivity index (χ1v) is 9.11. The summed E-state index contributed by atoms with van der Waals surface area (Å²) in [4.78, 5) is 47.8. The fraction of sp³-hybridized carbons (Fsp3) is 0.188. The van der Waals surface area contributed by atoms with Crippen molar-refractivity contribution in [1.29, 1.82) is 0 Å². The molecule has 0 aliphatic rings. The summed E-state index contributed by atoms with van der Waals surface area (Å²) in [6.07, 6.45) is 0. The molecule has 148 valence electrons. The minimum absolute atomic E-state index is 0.0507. The van der Waals surface area contributed by atoms with Crippen LogP contribution in [0.1, 0.15) is 16.6 Å². The van der Waals surface area contributed by atoms with Crippen LogP contribution in [-0.4, -0.2) is 36.5 Å². The molecule has 1 aromatic carbocycles. The summed E-state index contributed by atoms with van der Waals surface area (Å²) in [7, 11) is 1.10. The molecule has 2 aromatic rings. The molecule has 9 nitrogen and oxygen atoms in total. The monoisotopic (exact) mass is 446 g/mol. The summed E-state index contributed by atoms with van der Waals surface area (Å²) in [6, 6.07) is 5.05. The van der Waals surface area contributed by atoms with Gasteiger partial charge in [0.05, 0.1) is 29.4 Å². The van der Waals surface area contributed by atoms with E-state index in [1.165, 1.54) is 25.1 Å². The highest BCUT2D eigenvalue weighted by atomic mass is 35.5. The molecule has 0 fully saturated rings. The molecule has 12 heteroatoms. The largest absolute Gasteiger partial charge is 0.465 e. The lowest BCUT2D eigenvalue weighted by Gasteiger charge is -2.21. The average Bonchev–Trinajstić information content (AvgIpc) is 3.08. The SMILES string of the molecule is CCOC(=O)C(=O)N(c1ccc(Cl)cc1Cl)c1cc(C(=O)OC)sc1[N+](=O)[O-]. The topological polar surface area (TPSA) is 116 Å². The number of halogens is 2. The number of ether oxygens (including phenoxy) is 2. The first kappa shape index (κ1) is 21.6. The number of benzene rings is 1. The van der Waals surface area contributed by atoms with Gasteiger partial charge in [-0.05, 0) is 31.2 Å². The number of hydrogen-bond acceptors (Lipinski definition) is 8. The molecule has 0 unspecified atom stereocenters. The van der Waals surface area contributed by atoms with E-state index in [4.69, 9.17) is 27.9 Å². The van der Waals surface area contributed by atoms with Gasteiger partial charge >= 0.3 is 22.8 Å². The molecular weight excluding hydrogens is 435 g/mol. The van der Waals surface area contributed by atoms with Crippen LogP contribution in [0.4, 0.5) is 16.4 Å². The van der Waals surface area contributed by atoms with Crippen molar-refractivity contribution in [2.45, 2.75) is 6.92 Å². The Bertz CT molecular complexity index is 960. The quantitative estimate of drug-likeness (QED) is 0.295. The second kappa shape index (κ2) is 9.00. The third-order valence-electron chi connectivity index (χ3n) is 3.29. The predicted molar refractivity (Wildman–Crippen MR) is 103 cm³/mol. The van der Waals surface area contributed by atoms with E-state index in [1.807, 2.05) is 0 Å². The van der Waals surface area contributed by atoms with Crippen LogP contribution in [0.2, 0.25) is 10.0 Å². The van der Waals surface area contributed by atoms with E-state index >= 15 is 0 Å². The maximum atomic E-state index is 12.7. The van der Waals surface area contributed by atoms with E-state index in [0.717, 1.165) is 13.2 Å². The number of methoxy groups -OCH3 is 1. The van der Waals surface area contributed by atoms with E-state index in [0.29, 0.717) is 16.2 Å². The van der Waals surface area contributed by atoms with Gasteiger partial charge in [0, 0.05) is 5.02 Å². The highest BCUT2D eigenvalue weighted by Crippen LogP contribution is 2.43. The second-order valence-electron chi connectivity index (χ2n) is 5.01. The minimum Gasteiger partial charge on any atom is -0.465 e. The van der Waals surface area contributed by atoms with E-state index in [2.05, 4.69) is 4.74 Å². The van der Waals surface area contributed by atoms with Gasteiger partial charge in [0.1, 0.15) is 10.6 Å². The zero-order chi connectivity index (χ0) is 21.0. The molecule has 1 aromatic heterocycles. The normalized spacial score (nSPS) is 10.3. The summed E-state index contributed by atoms with van der Waals surface area (Å²) in [5.74, 6) is -3.33. The molecule has 0 saturated heterocycles. The van der Waals surface area contributed by atoms with Gasteiger partial charge in [0.15, 0.2) is 0 Å². The van der Waals surface area contributed by atoms with Crippen LogP contribution < -0.4 is 4.90 Å². The maximum Gasteiger partial charge on any atom is 0.397 e. The number of nitrogens with zero attached hydrogens (tertiary/aromatic N) is 2. The van der Waals surface area contributed by atoms with Crippen molar-refractivity contribution >= 4 is 68.8 Å². The number of nitro groups is 1. The molecule has 0 atom stereocenters. The smallest absolute Gasteiger partial charge is 0.397 e. The van der Waals surface area contributed by atoms with Gasteiger partial charge < -0.3 is 9.47 Å². The van der Waals surface area contributed by atoms with Crippen LogP contribution in [0.5, 0.6) is 0 Å². The van der Waals surface area contributed by atoms with Gasteiger partial charge in [-0.2, -0.15) is 0 Å². The van der Waals surface area contributed by atoms with Crippen molar-refractivity contribution in [3.05, 3.63) is 49.3 Å². The maximum absolute atomic E-state index is 12.7. The Labute approximate surface area is 172 Å². The first-order valence-electron chi connectivity index (χ1n) is 7.54. The van der Waals surface area contributed by atoms with E-state index in [1.54, 1.807) is 0 Å². The lowest BCUT2D eigenvalue weighted by atomic mass is 10.2. The molecule has 0 radical (unpaired) electrons. The molecule has 0 aliphatic carbocycles. The first-order chi connectivity index (χ1) is 13.2. The number of anilines is 2. The van der Waals surface area contributed by atoms with Gasteiger partial charge in [-0.25, -0.2) is 9.59 Å². The molecule has 2 rings (SSSR count). The summed E-state index contributed by atoms with van der Waals surface area (Å²) in [6.45, 7) is 1.40. The standard InChI is InChI=1S/C16H12Cl2N2O7S/c1-3-27-16(23)13(21)19(10-5-4-8(17)6-9(10)18)11-7-12(15(22)26-2)28-14(11)20(24)25/h4-7H,3H2,1-2H3. The van der Waals surface area contributed by atoms with E-state index < -0.39 is 27.8 Å². The number of carbonyl (C=O) groups excluding carboxylic acids is 3. The number of carbonyl (C=O) groups is 3. The molecule has 0 aliphatic heterocycles. The van der Waals surface area contributed by atoms with Crippen molar-refractivity contribution in [3.63, 3.8) is 0 Å². The van der Waals surface area contributed by atoms with Crippen LogP contribution >= 0.6 is 34.5 Å². The number of esters is 2. The third kappa shape index (κ3) is 4.41. The Kier molecular flexibility index (Phi) is 6.95. The number of amides is 1. The van der Waals surface area contributed by atoms with Gasteiger partial charge in [-0.3, -0.25) is 19.8 Å². The lowest BCUT2D eigenvalue weighted by Crippen LogP contribution is -2.34. The number of rotatable bonds is 5. The van der Waals surface area contributed by atoms with Crippen LogP contribution in [0.25, 0.3) is 0 Å². The Balaban J connectivity index is 2.73. The Morgan fingerprint density at radius 2 is 1.89 bits per heavy atom. The fourth-order valence-electron chi connectivity index (χ4n) is 2.16. The lowest BCUT2D eigenvalue weighted by molar-refractivity contribution is -0.379. The van der Waals surface area contributed by atoms with E-state index in [9.17, 15) is 24.5 Å². The summed E-state index contributed by atoms with van der Waals surface area (Å²) in [5.41, 5.74) is -0.390. The van der Waals surface area contributed by atoms with Gasteiger partial charge in [-0.15, -0.1) is 0 Å². The van der Waals surface area contributed by atoms with Crippen LogP contribution in [0.15, 0.2) is 24.3 Å². The molecule has 1 heterocycles. The zero-order valence-corrected chi connectivity index (χ0v) is 16.8. The van der Waals surface area contributed by atoms with E-state index in [-0.39, 0.29) is 32.9 Å². The average molecular weight is 447 g/mol.